The highest BCUT2D eigenvalue weighted by molar-refractivity contribution is 6.36. The minimum atomic E-state index is -0.885. The lowest BCUT2D eigenvalue weighted by Crippen LogP contribution is -2.13. The smallest absolute Gasteiger partial charge is 0.330 e. The summed E-state index contributed by atoms with van der Waals surface area (Å²) in [6, 6.07) is 14.2. The van der Waals surface area contributed by atoms with Crippen LogP contribution in [-0.4, -0.2) is 48.9 Å². The number of aryl methyl sites for hydroxylation is 1. The number of anilines is 1. The molecule has 8 nitrogen and oxygen atoms in total. The third kappa shape index (κ3) is 7.55. The van der Waals surface area contributed by atoms with Crippen LogP contribution in [0.15, 0.2) is 54.6 Å². The van der Waals surface area contributed by atoms with Crippen molar-refractivity contribution in [2.45, 2.75) is 39.2 Å². The fourth-order valence-electron chi connectivity index (χ4n) is 3.92. The van der Waals surface area contributed by atoms with Crippen molar-refractivity contribution in [3.8, 4) is 0 Å². The molecule has 0 aliphatic carbocycles. The summed E-state index contributed by atoms with van der Waals surface area (Å²) in [5.41, 5.74) is 10.7. The second kappa shape index (κ2) is 13.8. The second-order valence-electron chi connectivity index (χ2n) is 8.72. The molecule has 0 radical (unpaired) electrons. The number of para-hydroxylation sites is 1. The number of nitrogens with zero attached hydrogens (tertiary/aromatic N) is 1. The second-order valence-corrected chi connectivity index (χ2v) is 8.72. The summed E-state index contributed by atoms with van der Waals surface area (Å²) >= 11 is 0. The molecule has 0 saturated heterocycles. The molecule has 0 aromatic heterocycles. The number of carbonyl (C=O) groups is 2. The molecular weight excluding hydrogens is 456 g/mol. The van der Waals surface area contributed by atoms with Crippen LogP contribution in [0.4, 0.5) is 5.69 Å². The van der Waals surface area contributed by atoms with Crippen LogP contribution in [-0.2, 0) is 27.4 Å². The number of benzene rings is 2. The van der Waals surface area contributed by atoms with Crippen LogP contribution in [0.5, 0.6) is 0 Å². The van der Waals surface area contributed by atoms with E-state index in [0.717, 1.165) is 49.0 Å². The van der Waals surface area contributed by atoms with E-state index in [1.807, 2.05) is 43.3 Å². The number of fused-ring (bicyclic) bond motifs is 2. The summed E-state index contributed by atoms with van der Waals surface area (Å²) in [7, 11) is 3.92. The summed E-state index contributed by atoms with van der Waals surface area (Å²) in [6.45, 7) is 7.06. The maximum Gasteiger partial charge on any atom is 0.330 e. The number of hydrogen-bond acceptors (Lipinski definition) is 5. The van der Waals surface area contributed by atoms with Crippen LogP contribution >= 0.6 is 0 Å². The maximum atomic E-state index is 12.3. The number of hydrogen-bond donors (Lipinski definition) is 4. The molecule has 2 aliphatic heterocycles. The zero-order valence-corrected chi connectivity index (χ0v) is 21.3. The molecule has 0 saturated carbocycles. The van der Waals surface area contributed by atoms with Crippen LogP contribution in [0.3, 0.4) is 0 Å². The number of nitrogens with one attached hydrogen (secondary N) is 2. The Morgan fingerprint density at radius 3 is 2.58 bits per heavy atom. The molecule has 192 valence electrons. The van der Waals surface area contributed by atoms with Crippen LogP contribution < -0.4 is 11.1 Å². The lowest BCUT2D eigenvalue weighted by Gasteiger charge is -2.08. The standard InChI is InChI=1S/C19H17NO2.C8H15NO2.CH4N2/c1-2-5-12-8-9-14-13(10-12)11-22-18(14)17-15-6-3-4-7-16(15)20-19(17)21;1-7(8(10)11)5-4-6-9(2)3;2-1-3/h3-4,6-10H,2,5,11H2,1H3,(H,20,21);1,4-6H2,2-3H3,(H,10,11);1H,(H3,2,3)/b18-17+;;. The number of carboxylic acid groups (broad SMARTS) is 1. The molecular formula is C28H36N4O4. The number of carboxylic acids is 1. The Hall–Kier alpha value is -3.91. The molecule has 0 bridgehead atoms. The molecule has 36 heavy (non-hydrogen) atoms. The average molecular weight is 493 g/mol. The first-order chi connectivity index (χ1) is 17.2. The molecule has 2 heterocycles. The van der Waals surface area contributed by atoms with Gasteiger partial charge < -0.3 is 25.8 Å². The van der Waals surface area contributed by atoms with Crippen LogP contribution in [0, 0.1) is 5.41 Å². The Balaban J connectivity index is 0.000000277. The predicted molar refractivity (Wildman–Crippen MR) is 145 cm³/mol. The van der Waals surface area contributed by atoms with Crippen molar-refractivity contribution in [2.75, 3.05) is 26.0 Å². The fraction of sp³-hybridized carbons (Fsp3) is 0.321. The highest BCUT2D eigenvalue weighted by Gasteiger charge is 2.32. The van der Waals surface area contributed by atoms with E-state index in [2.05, 4.69) is 42.8 Å². The van der Waals surface area contributed by atoms with Gasteiger partial charge in [0.15, 0.2) is 0 Å². The number of nitrogens with two attached hydrogens (primary N) is 1. The van der Waals surface area contributed by atoms with Gasteiger partial charge in [0.1, 0.15) is 12.4 Å². The van der Waals surface area contributed by atoms with E-state index in [9.17, 15) is 9.59 Å². The van der Waals surface area contributed by atoms with Gasteiger partial charge in [0.25, 0.3) is 5.91 Å². The van der Waals surface area contributed by atoms with E-state index >= 15 is 0 Å². The number of rotatable bonds is 7. The Morgan fingerprint density at radius 1 is 1.25 bits per heavy atom. The minimum Gasteiger partial charge on any atom is -0.487 e. The lowest BCUT2D eigenvalue weighted by molar-refractivity contribution is -0.132. The number of ether oxygens (including phenoxy) is 1. The van der Waals surface area contributed by atoms with Crippen LogP contribution in [0.25, 0.3) is 11.3 Å². The van der Waals surface area contributed by atoms with E-state index in [1.54, 1.807) is 0 Å². The van der Waals surface area contributed by atoms with Crippen molar-refractivity contribution in [1.29, 1.82) is 5.41 Å². The summed E-state index contributed by atoms with van der Waals surface area (Å²) in [6.07, 6.45) is 4.39. The predicted octanol–water partition coefficient (Wildman–Crippen LogP) is 4.51. The summed E-state index contributed by atoms with van der Waals surface area (Å²) < 4.78 is 5.89. The zero-order valence-electron chi connectivity index (χ0n) is 21.3. The lowest BCUT2D eigenvalue weighted by atomic mass is 9.98. The van der Waals surface area contributed by atoms with Gasteiger partial charge in [0, 0.05) is 28.0 Å². The minimum absolute atomic E-state index is 0.0818. The molecule has 0 fully saturated rings. The van der Waals surface area contributed by atoms with Crippen LogP contribution in [0.2, 0.25) is 0 Å². The van der Waals surface area contributed by atoms with E-state index in [4.69, 9.17) is 15.3 Å². The number of amides is 1. The van der Waals surface area contributed by atoms with Crippen molar-refractivity contribution >= 4 is 35.2 Å². The number of aliphatic carboxylic acids is 1. The molecule has 2 aliphatic rings. The van der Waals surface area contributed by atoms with Gasteiger partial charge in [-0.25, -0.2) is 4.79 Å². The Kier molecular flexibility index (Phi) is 10.9. The van der Waals surface area contributed by atoms with Crippen LogP contribution in [0.1, 0.15) is 48.4 Å². The highest BCUT2D eigenvalue weighted by Crippen LogP contribution is 2.41. The van der Waals surface area contributed by atoms with Gasteiger partial charge in [-0.1, -0.05) is 56.3 Å². The normalized spacial score (nSPS) is 14.8. The molecule has 5 N–H and O–H groups in total. The largest absolute Gasteiger partial charge is 0.487 e. The summed E-state index contributed by atoms with van der Waals surface area (Å²) in [5, 5.41) is 17.2. The monoisotopic (exact) mass is 492 g/mol. The van der Waals surface area contributed by atoms with Gasteiger partial charge in [-0.05, 0) is 51.5 Å². The molecule has 2 aromatic carbocycles. The summed E-state index contributed by atoms with van der Waals surface area (Å²) in [4.78, 5) is 24.6. The molecule has 0 unspecified atom stereocenters. The molecule has 4 rings (SSSR count). The zero-order chi connectivity index (χ0) is 26.7. The SMILES string of the molecule is C=C(CCCN(C)C)C(=O)O.CCCc1ccc2c(c1)CO/C2=C1/C(=O)Nc2ccccc21.N=CN. The number of carbonyl (C=O) groups excluding carboxylic acids is 1. The van der Waals surface area contributed by atoms with E-state index in [-0.39, 0.29) is 5.91 Å². The van der Waals surface area contributed by atoms with Crippen molar-refractivity contribution in [2.24, 2.45) is 5.73 Å². The van der Waals surface area contributed by atoms with E-state index in [0.29, 0.717) is 29.9 Å². The highest BCUT2D eigenvalue weighted by atomic mass is 16.5. The molecule has 2 aromatic rings. The molecule has 0 spiro atoms. The molecule has 1 amide bonds. The van der Waals surface area contributed by atoms with Gasteiger partial charge in [0.2, 0.25) is 0 Å². The first-order valence-electron chi connectivity index (χ1n) is 11.9. The first kappa shape index (κ1) is 28.3. The molecule has 0 atom stereocenters. The average Bonchev–Trinajstić information content (AvgIpc) is 3.39. The Morgan fingerprint density at radius 2 is 1.94 bits per heavy atom. The van der Waals surface area contributed by atoms with Crippen molar-refractivity contribution in [3.05, 3.63) is 76.9 Å². The van der Waals surface area contributed by atoms with Gasteiger partial charge in [-0.3, -0.25) is 10.2 Å². The van der Waals surface area contributed by atoms with Crippen molar-refractivity contribution in [3.63, 3.8) is 0 Å². The van der Waals surface area contributed by atoms with Gasteiger partial charge in [-0.2, -0.15) is 0 Å². The maximum absolute atomic E-state index is 12.3. The summed E-state index contributed by atoms with van der Waals surface area (Å²) in [5.74, 6) is -0.258. The molecule has 8 heteroatoms. The third-order valence-corrected chi connectivity index (χ3v) is 5.61. The first-order valence-corrected chi connectivity index (χ1v) is 11.9. The van der Waals surface area contributed by atoms with E-state index in [1.165, 1.54) is 11.1 Å². The third-order valence-electron chi connectivity index (χ3n) is 5.61. The quantitative estimate of drug-likeness (QED) is 0.256. The van der Waals surface area contributed by atoms with Gasteiger partial charge >= 0.3 is 5.97 Å². The van der Waals surface area contributed by atoms with Crippen molar-refractivity contribution in [1.82, 2.24) is 4.90 Å². The topological polar surface area (TPSA) is 129 Å². The van der Waals surface area contributed by atoms with E-state index < -0.39 is 5.97 Å². The Bertz CT molecular complexity index is 1140. The van der Waals surface area contributed by atoms with Crippen molar-refractivity contribution < 1.29 is 19.4 Å². The van der Waals surface area contributed by atoms with Gasteiger partial charge in [0.05, 0.1) is 11.9 Å². The Labute approximate surface area is 213 Å². The van der Waals surface area contributed by atoms with Gasteiger partial charge in [-0.15, -0.1) is 0 Å². The fourth-order valence-corrected chi connectivity index (χ4v) is 3.92.